The maximum Gasteiger partial charge on any atom is 0.307 e. The zero-order valence-corrected chi connectivity index (χ0v) is 18.3. The molecular weight excluding hydrogens is 429 g/mol. The number of hydrogen-bond donors (Lipinski definition) is 1. The monoisotopic (exact) mass is 451 g/mol. The quantitative estimate of drug-likeness (QED) is 0.644. The molecule has 2 aliphatic heterocycles. The third-order valence-electron chi connectivity index (χ3n) is 5.55. The summed E-state index contributed by atoms with van der Waals surface area (Å²) >= 11 is 14.4. The molecule has 1 fully saturated rings. The Labute approximate surface area is 185 Å². The minimum absolute atomic E-state index is 0.0884. The average Bonchev–Trinajstić information content (AvgIpc) is 2.85. The third kappa shape index (κ3) is 4.92. The molecule has 29 heavy (non-hydrogen) atoms. The number of halogens is 2. The number of carboxylic acid groups (broad SMARTS) is 1. The number of carboxylic acids is 1. The molecule has 0 aromatic heterocycles. The van der Waals surface area contributed by atoms with E-state index in [2.05, 4.69) is 17.0 Å². The Kier molecular flexibility index (Phi) is 6.72. The van der Waals surface area contributed by atoms with Gasteiger partial charge in [-0.3, -0.25) is 4.79 Å². The van der Waals surface area contributed by atoms with Gasteiger partial charge >= 0.3 is 5.97 Å². The van der Waals surface area contributed by atoms with Crippen LogP contribution < -0.4 is 0 Å². The Hall–Kier alpha value is -1.24. The number of fused-ring (bicyclic) bond motifs is 2. The lowest BCUT2D eigenvalue weighted by Gasteiger charge is -2.31. The highest BCUT2D eigenvalue weighted by atomic mass is 35.5. The van der Waals surface area contributed by atoms with Crippen molar-refractivity contribution in [3.8, 4) is 0 Å². The predicted molar refractivity (Wildman–Crippen MR) is 116 cm³/mol. The van der Waals surface area contributed by atoms with Gasteiger partial charge in [-0.1, -0.05) is 53.2 Å². The van der Waals surface area contributed by atoms with E-state index >= 15 is 0 Å². The summed E-state index contributed by atoms with van der Waals surface area (Å²) < 4.78 is 6.34. The highest BCUT2D eigenvalue weighted by Crippen LogP contribution is 2.45. The van der Waals surface area contributed by atoms with Crippen molar-refractivity contribution in [1.29, 1.82) is 0 Å². The number of ether oxygens (including phenoxy) is 1. The molecule has 0 amide bonds. The van der Waals surface area contributed by atoms with Crippen molar-refractivity contribution in [2.75, 3.05) is 26.2 Å². The molecule has 1 unspecified atom stereocenters. The van der Waals surface area contributed by atoms with Gasteiger partial charge in [0.05, 0.1) is 23.7 Å². The molecule has 2 aromatic rings. The Balaban J connectivity index is 1.48. The first-order valence-corrected chi connectivity index (χ1v) is 11.4. The van der Waals surface area contributed by atoms with Gasteiger partial charge in [0.1, 0.15) is 0 Å². The van der Waals surface area contributed by atoms with E-state index in [0.717, 1.165) is 46.8 Å². The second-order valence-corrected chi connectivity index (χ2v) is 9.45. The summed E-state index contributed by atoms with van der Waals surface area (Å²) in [5, 5.41) is 10.6. The molecule has 4 rings (SSSR count). The first-order valence-electron chi connectivity index (χ1n) is 9.82. The lowest BCUT2D eigenvalue weighted by Crippen LogP contribution is -2.40. The summed E-state index contributed by atoms with van der Waals surface area (Å²) in [6.45, 7) is 2.82. The fourth-order valence-corrected chi connectivity index (χ4v) is 5.84. The summed E-state index contributed by atoms with van der Waals surface area (Å²) in [7, 11) is 0. The molecule has 2 heterocycles. The van der Waals surface area contributed by atoms with Gasteiger partial charge in [-0.05, 0) is 48.7 Å². The van der Waals surface area contributed by atoms with E-state index in [-0.39, 0.29) is 12.0 Å². The Morgan fingerprint density at radius 2 is 2.10 bits per heavy atom. The van der Waals surface area contributed by atoms with E-state index in [4.69, 9.17) is 27.9 Å². The molecule has 154 valence electrons. The van der Waals surface area contributed by atoms with Crippen LogP contribution >= 0.6 is 35.0 Å². The van der Waals surface area contributed by atoms with Crippen molar-refractivity contribution in [2.24, 2.45) is 5.92 Å². The van der Waals surface area contributed by atoms with Crippen molar-refractivity contribution in [3.63, 3.8) is 0 Å². The lowest BCUT2D eigenvalue weighted by atomic mass is 9.98. The van der Waals surface area contributed by atoms with Crippen molar-refractivity contribution in [3.05, 3.63) is 57.6 Å². The molecule has 7 heteroatoms. The fourth-order valence-electron chi connectivity index (χ4n) is 4.07. The van der Waals surface area contributed by atoms with Gasteiger partial charge in [-0.15, -0.1) is 0 Å². The van der Waals surface area contributed by atoms with Gasteiger partial charge in [0.25, 0.3) is 0 Å². The van der Waals surface area contributed by atoms with Gasteiger partial charge in [0.2, 0.25) is 0 Å². The summed E-state index contributed by atoms with van der Waals surface area (Å²) in [4.78, 5) is 15.7. The SMILES string of the molecule is O=C(O)[C@@H]1CCCN(CCOC2Cc3cc(Cl)cc(Cl)c3Sc3ccccc32)C1. The highest BCUT2D eigenvalue weighted by Gasteiger charge is 2.27. The standard InChI is InChI=1S/C22H23Cl2NO3S/c23-16-10-15-11-19(28-9-8-25-7-3-4-14(13-25)22(26)27)17-5-1-2-6-20(17)29-21(15)18(24)12-16/h1-2,5-6,10,12,14,19H,3-4,7-9,11,13H2,(H,26,27)/t14-,19?/m1/s1. The third-order valence-corrected chi connectivity index (χ3v) is 7.46. The van der Waals surface area contributed by atoms with E-state index in [1.54, 1.807) is 17.8 Å². The van der Waals surface area contributed by atoms with Crippen molar-refractivity contribution >= 4 is 40.9 Å². The number of nitrogens with zero attached hydrogens (tertiary/aromatic N) is 1. The lowest BCUT2D eigenvalue weighted by molar-refractivity contribution is -0.143. The van der Waals surface area contributed by atoms with Gasteiger partial charge in [-0.25, -0.2) is 0 Å². The van der Waals surface area contributed by atoms with Crippen LogP contribution in [0.1, 0.15) is 30.1 Å². The molecule has 0 spiro atoms. The average molecular weight is 452 g/mol. The minimum Gasteiger partial charge on any atom is -0.481 e. The largest absolute Gasteiger partial charge is 0.481 e. The summed E-state index contributed by atoms with van der Waals surface area (Å²) in [5.74, 6) is -0.967. The molecule has 1 saturated heterocycles. The molecule has 2 aliphatic rings. The van der Waals surface area contributed by atoms with Crippen LogP contribution in [-0.4, -0.2) is 42.2 Å². The molecular formula is C22H23Cl2NO3S. The van der Waals surface area contributed by atoms with E-state index in [9.17, 15) is 9.90 Å². The van der Waals surface area contributed by atoms with E-state index in [1.165, 1.54) is 0 Å². The summed E-state index contributed by atoms with van der Waals surface area (Å²) in [6, 6.07) is 12.0. The maximum atomic E-state index is 11.3. The van der Waals surface area contributed by atoms with Crippen LogP contribution in [-0.2, 0) is 16.0 Å². The zero-order chi connectivity index (χ0) is 20.4. The van der Waals surface area contributed by atoms with Crippen LogP contribution in [0.2, 0.25) is 10.0 Å². The fraction of sp³-hybridized carbons (Fsp3) is 0.409. The van der Waals surface area contributed by atoms with Crippen LogP contribution in [0.3, 0.4) is 0 Å². The minimum atomic E-state index is -0.698. The first kappa shape index (κ1) is 21.0. The van der Waals surface area contributed by atoms with Crippen LogP contribution in [0.25, 0.3) is 0 Å². The van der Waals surface area contributed by atoms with E-state index in [0.29, 0.717) is 29.6 Å². The highest BCUT2D eigenvalue weighted by molar-refractivity contribution is 7.99. The normalized spacial score (nSPS) is 21.9. The van der Waals surface area contributed by atoms with Gasteiger partial charge in [0, 0.05) is 34.3 Å². The first-order chi connectivity index (χ1) is 14.0. The maximum absolute atomic E-state index is 11.3. The molecule has 1 N–H and O–H groups in total. The Morgan fingerprint density at radius 3 is 2.93 bits per heavy atom. The number of likely N-dealkylation sites (tertiary alicyclic amines) is 1. The number of rotatable bonds is 5. The van der Waals surface area contributed by atoms with Crippen LogP contribution in [0, 0.1) is 5.92 Å². The second-order valence-electron chi connectivity index (χ2n) is 7.56. The van der Waals surface area contributed by atoms with E-state index in [1.807, 2.05) is 18.2 Å². The van der Waals surface area contributed by atoms with Crippen LogP contribution in [0.15, 0.2) is 46.2 Å². The smallest absolute Gasteiger partial charge is 0.307 e. The van der Waals surface area contributed by atoms with Crippen molar-refractivity contribution < 1.29 is 14.6 Å². The van der Waals surface area contributed by atoms with Gasteiger partial charge < -0.3 is 14.7 Å². The molecule has 0 aliphatic carbocycles. The van der Waals surface area contributed by atoms with Gasteiger partial charge in [-0.2, -0.15) is 0 Å². The number of piperidine rings is 1. The number of carbonyl (C=O) groups is 1. The molecule has 0 saturated carbocycles. The molecule has 0 radical (unpaired) electrons. The van der Waals surface area contributed by atoms with Crippen molar-refractivity contribution in [1.82, 2.24) is 4.90 Å². The molecule has 2 aromatic carbocycles. The number of hydrogen-bond acceptors (Lipinski definition) is 4. The Morgan fingerprint density at radius 1 is 1.28 bits per heavy atom. The Bertz CT molecular complexity index is 908. The molecule has 2 atom stereocenters. The van der Waals surface area contributed by atoms with Crippen LogP contribution in [0.5, 0.6) is 0 Å². The number of aliphatic carboxylic acids is 1. The molecule has 0 bridgehead atoms. The van der Waals surface area contributed by atoms with Crippen LogP contribution in [0.4, 0.5) is 0 Å². The zero-order valence-electron chi connectivity index (χ0n) is 15.9. The summed E-state index contributed by atoms with van der Waals surface area (Å²) in [5.41, 5.74) is 2.25. The number of benzene rings is 2. The second kappa shape index (κ2) is 9.27. The van der Waals surface area contributed by atoms with Crippen molar-refractivity contribution in [2.45, 2.75) is 35.2 Å². The predicted octanol–water partition coefficient (Wildman–Crippen LogP) is 5.56. The topological polar surface area (TPSA) is 49.8 Å². The summed E-state index contributed by atoms with van der Waals surface area (Å²) in [6.07, 6.45) is 2.30. The molecule has 4 nitrogen and oxygen atoms in total. The van der Waals surface area contributed by atoms with E-state index < -0.39 is 5.97 Å². The van der Waals surface area contributed by atoms with Gasteiger partial charge in [0.15, 0.2) is 0 Å².